The third-order valence-corrected chi connectivity index (χ3v) is 4.00. The number of rotatable bonds is 6. The molecular weight excluding hydrogens is 285 g/mol. The van der Waals surface area contributed by atoms with Crippen LogP contribution < -0.4 is 4.74 Å². The van der Waals surface area contributed by atoms with Gasteiger partial charge in [-0.3, -0.25) is 0 Å². The van der Waals surface area contributed by atoms with Crippen LogP contribution in [0.3, 0.4) is 0 Å². The van der Waals surface area contributed by atoms with E-state index in [9.17, 15) is 9.50 Å². The first kappa shape index (κ1) is 16.7. The highest BCUT2D eigenvalue weighted by molar-refractivity contribution is 5.36. The van der Waals surface area contributed by atoms with Crippen LogP contribution in [0.2, 0.25) is 0 Å². The Balaban J connectivity index is 2.08. The van der Waals surface area contributed by atoms with E-state index in [0.717, 1.165) is 25.7 Å². The molecule has 22 heavy (non-hydrogen) atoms. The Bertz CT molecular complexity index is 521. The fraction of sp³-hybridized carbons (Fsp3) is 0.588. The topological polar surface area (TPSA) is 62.5 Å². The van der Waals surface area contributed by atoms with Gasteiger partial charge >= 0.3 is 0 Å². The van der Waals surface area contributed by atoms with Gasteiger partial charge in [0.25, 0.3) is 0 Å². The van der Waals surface area contributed by atoms with Crippen molar-refractivity contribution in [2.75, 3.05) is 13.2 Å². The van der Waals surface area contributed by atoms with E-state index in [1.54, 1.807) is 6.07 Å². The first-order chi connectivity index (χ1) is 10.7. The lowest BCUT2D eigenvalue weighted by Crippen LogP contribution is -2.25. The molecule has 1 aliphatic carbocycles. The molecule has 1 aliphatic rings. The molecule has 0 heterocycles. The Morgan fingerprint density at radius 2 is 2.09 bits per heavy atom. The van der Waals surface area contributed by atoms with Crippen LogP contribution in [0.5, 0.6) is 5.75 Å². The number of aliphatic hydroxyl groups excluding tert-OH is 1. The minimum absolute atomic E-state index is 0.0144. The molecule has 0 radical (unpaired) electrons. The quantitative estimate of drug-likeness (QED) is 0.875. The van der Waals surface area contributed by atoms with Gasteiger partial charge in [-0.25, -0.2) is 4.39 Å². The van der Waals surface area contributed by atoms with E-state index in [0.29, 0.717) is 17.9 Å². The zero-order chi connectivity index (χ0) is 15.9. The van der Waals surface area contributed by atoms with Gasteiger partial charge in [-0.15, -0.1) is 0 Å². The van der Waals surface area contributed by atoms with Crippen LogP contribution in [-0.2, 0) is 4.74 Å². The second kappa shape index (κ2) is 8.11. The van der Waals surface area contributed by atoms with Crippen molar-refractivity contribution in [3.63, 3.8) is 0 Å². The molecule has 1 fully saturated rings. The van der Waals surface area contributed by atoms with Crippen LogP contribution in [0.1, 0.15) is 44.3 Å². The maximum absolute atomic E-state index is 13.5. The van der Waals surface area contributed by atoms with Gasteiger partial charge in [0.05, 0.1) is 25.4 Å². The van der Waals surface area contributed by atoms with Gasteiger partial charge in [-0.2, -0.15) is 5.26 Å². The van der Waals surface area contributed by atoms with E-state index >= 15 is 0 Å². The van der Waals surface area contributed by atoms with Crippen LogP contribution in [0.4, 0.5) is 4.39 Å². The number of aliphatic hydroxyl groups is 1. The zero-order valence-electron chi connectivity index (χ0n) is 12.8. The van der Waals surface area contributed by atoms with Crippen LogP contribution in [0.25, 0.3) is 0 Å². The normalized spacial score (nSPS) is 22.8. The zero-order valence-corrected chi connectivity index (χ0v) is 12.8. The third-order valence-electron chi connectivity index (χ3n) is 4.00. The van der Waals surface area contributed by atoms with Crippen molar-refractivity contribution in [3.8, 4) is 11.8 Å². The maximum Gasteiger partial charge on any atom is 0.125 e. The van der Waals surface area contributed by atoms with E-state index in [1.807, 2.05) is 6.92 Å². The Morgan fingerprint density at radius 3 is 2.68 bits per heavy atom. The smallest absolute Gasteiger partial charge is 0.125 e. The molecule has 0 aromatic heterocycles. The molecule has 0 spiro atoms. The van der Waals surface area contributed by atoms with E-state index < -0.39 is 6.10 Å². The molecule has 0 bridgehead atoms. The summed E-state index contributed by atoms with van der Waals surface area (Å²) in [5.41, 5.74) is 0.534. The molecule has 5 heteroatoms. The molecule has 0 saturated heterocycles. The number of hydrogen-bond acceptors (Lipinski definition) is 4. The Labute approximate surface area is 130 Å². The number of halogens is 1. The summed E-state index contributed by atoms with van der Waals surface area (Å²) in [6.07, 6.45) is 2.56. The highest BCUT2D eigenvalue weighted by atomic mass is 19.1. The molecule has 1 N–H and O–H groups in total. The summed E-state index contributed by atoms with van der Waals surface area (Å²) in [5, 5.41) is 18.6. The number of ether oxygens (including phenoxy) is 2. The van der Waals surface area contributed by atoms with Crippen molar-refractivity contribution in [1.82, 2.24) is 0 Å². The lowest BCUT2D eigenvalue weighted by atomic mass is 9.88. The van der Waals surface area contributed by atoms with Crippen LogP contribution >= 0.6 is 0 Å². The van der Waals surface area contributed by atoms with E-state index in [2.05, 4.69) is 6.07 Å². The van der Waals surface area contributed by atoms with Crippen molar-refractivity contribution >= 4 is 0 Å². The van der Waals surface area contributed by atoms with Gasteiger partial charge in [0.1, 0.15) is 17.7 Å². The van der Waals surface area contributed by atoms with E-state index in [-0.39, 0.29) is 24.4 Å². The van der Waals surface area contributed by atoms with Crippen LogP contribution in [0, 0.1) is 23.1 Å². The van der Waals surface area contributed by atoms with Gasteiger partial charge in [-0.1, -0.05) is 0 Å². The van der Waals surface area contributed by atoms with Crippen LogP contribution in [0.15, 0.2) is 18.2 Å². The van der Waals surface area contributed by atoms with Crippen molar-refractivity contribution < 1.29 is 19.0 Å². The molecule has 1 saturated carbocycles. The predicted molar refractivity (Wildman–Crippen MR) is 79.8 cm³/mol. The van der Waals surface area contributed by atoms with Gasteiger partial charge in [0, 0.05) is 11.5 Å². The molecule has 4 nitrogen and oxygen atoms in total. The molecule has 120 valence electrons. The first-order valence-electron chi connectivity index (χ1n) is 7.76. The molecule has 1 unspecified atom stereocenters. The summed E-state index contributed by atoms with van der Waals surface area (Å²) >= 11 is 0. The summed E-state index contributed by atoms with van der Waals surface area (Å²) in [6.45, 7) is 2.08. The number of nitrogens with zero attached hydrogens (tertiary/aromatic N) is 1. The average molecular weight is 307 g/mol. The highest BCUT2D eigenvalue weighted by Gasteiger charge is 2.26. The standard InChI is InChI=1S/C17H22FNO3/c1-2-21-16-8-5-13(18)9-15(16)17(11-20)22-14-6-3-12(10-19)4-7-14/h5,8-9,12,14,17,20H,2-4,6-7,11H2,1H3. The number of hydrogen-bond donors (Lipinski definition) is 1. The summed E-state index contributed by atoms with van der Waals surface area (Å²) in [7, 11) is 0. The molecule has 0 aliphatic heterocycles. The maximum atomic E-state index is 13.5. The van der Waals surface area contributed by atoms with E-state index in [4.69, 9.17) is 14.7 Å². The highest BCUT2D eigenvalue weighted by Crippen LogP contribution is 2.33. The lowest BCUT2D eigenvalue weighted by molar-refractivity contribution is -0.0589. The Morgan fingerprint density at radius 1 is 1.36 bits per heavy atom. The van der Waals surface area contributed by atoms with E-state index in [1.165, 1.54) is 12.1 Å². The molecule has 1 aromatic carbocycles. The van der Waals surface area contributed by atoms with Gasteiger partial charge in [0.15, 0.2) is 0 Å². The minimum Gasteiger partial charge on any atom is -0.493 e. The minimum atomic E-state index is -0.610. The molecule has 1 aromatic rings. The largest absolute Gasteiger partial charge is 0.493 e. The van der Waals surface area contributed by atoms with Gasteiger partial charge in [0.2, 0.25) is 0 Å². The summed E-state index contributed by atoms with van der Waals surface area (Å²) < 4.78 is 25.0. The average Bonchev–Trinajstić information content (AvgIpc) is 2.55. The monoisotopic (exact) mass is 307 g/mol. The van der Waals surface area contributed by atoms with Crippen molar-refractivity contribution in [2.45, 2.75) is 44.8 Å². The molecular formula is C17H22FNO3. The van der Waals surface area contributed by atoms with Crippen molar-refractivity contribution in [2.24, 2.45) is 5.92 Å². The molecule has 2 rings (SSSR count). The Kier molecular flexibility index (Phi) is 6.17. The predicted octanol–water partition coefficient (Wildman–Crippen LogP) is 3.36. The summed E-state index contributed by atoms with van der Waals surface area (Å²) in [5.74, 6) is 0.253. The lowest BCUT2D eigenvalue weighted by Gasteiger charge is -2.29. The SMILES string of the molecule is CCOc1ccc(F)cc1C(CO)OC1CCC(C#N)CC1. The molecule has 0 amide bonds. The first-order valence-corrected chi connectivity index (χ1v) is 7.76. The fourth-order valence-electron chi connectivity index (χ4n) is 2.83. The second-order valence-corrected chi connectivity index (χ2v) is 5.53. The summed E-state index contributed by atoms with van der Waals surface area (Å²) in [4.78, 5) is 0. The number of benzene rings is 1. The Hall–Kier alpha value is -1.64. The van der Waals surface area contributed by atoms with Crippen LogP contribution in [-0.4, -0.2) is 24.4 Å². The summed E-state index contributed by atoms with van der Waals surface area (Å²) in [6, 6.07) is 6.53. The fourth-order valence-corrected chi connectivity index (χ4v) is 2.83. The second-order valence-electron chi connectivity index (χ2n) is 5.53. The number of nitriles is 1. The molecule has 1 atom stereocenters. The van der Waals surface area contributed by atoms with Crippen molar-refractivity contribution in [1.29, 1.82) is 5.26 Å². The van der Waals surface area contributed by atoms with Crippen molar-refractivity contribution in [3.05, 3.63) is 29.6 Å². The third kappa shape index (κ3) is 4.19. The van der Waals surface area contributed by atoms with Gasteiger partial charge in [-0.05, 0) is 50.8 Å². The van der Waals surface area contributed by atoms with Gasteiger partial charge < -0.3 is 14.6 Å².